The molecule has 0 spiro atoms. The minimum absolute atomic E-state index is 0.248. The number of aryl methyl sites for hydroxylation is 1. The van der Waals surface area contributed by atoms with E-state index in [0.29, 0.717) is 12.1 Å². The van der Waals surface area contributed by atoms with Gasteiger partial charge in [0.25, 0.3) is 0 Å². The molecule has 1 rings (SSSR count). The van der Waals surface area contributed by atoms with Crippen LogP contribution in [-0.4, -0.2) is 26.8 Å². The summed E-state index contributed by atoms with van der Waals surface area (Å²) in [7, 11) is 1.69. The molecule has 1 aromatic rings. The highest BCUT2D eigenvalue weighted by molar-refractivity contribution is 5.97. The Morgan fingerprint density at radius 2 is 2.46 bits per heavy atom. The van der Waals surface area contributed by atoms with Gasteiger partial charge in [0.2, 0.25) is 5.78 Å². The van der Waals surface area contributed by atoms with Gasteiger partial charge in [0.05, 0.1) is 0 Å². The van der Waals surface area contributed by atoms with Gasteiger partial charge in [0.1, 0.15) is 11.8 Å². The van der Waals surface area contributed by atoms with Gasteiger partial charge in [0, 0.05) is 13.2 Å². The number of nitrogens with zero attached hydrogens (tertiary/aromatic N) is 2. The number of hydrogen-bond acceptors (Lipinski definition) is 3. The summed E-state index contributed by atoms with van der Waals surface area (Å²) in [5, 5.41) is 13.3. The summed E-state index contributed by atoms with van der Waals surface area (Å²) in [5.74, 6) is -0.248. The number of carbonyl (C=O) groups excluding carboxylic acids is 1. The summed E-state index contributed by atoms with van der Waals surface area (Å²) in [4.78, 5) is 11.5. The fourth-order valence-electron chi connectivity index (χ4n) is 1.19. The lowest BCUT2D eigenvalue weighted by molar-refractivity contribution is 0.0719. The summed E-state index contributed by atoms with van der Waals surface area (Å²) in [5.41, 5.74) is 0.459. The molecule has 0 aliphatic heterocycles. The van der Waals surface area contributed by atoms with E-state index in [0.717, 1.165) is 6.42 Å². The number of aliphatic hydroxyl groups is 1. The number of Topliss-reactive ketones (excluding diaryl/α,β-unsaturated/α-hetero) is 1. The summed E-state index contributed by atoms with van der Waals surface area (Å²) in [6.07, 6.45) is 1.96. The predicted molar refractivity (Wildman–Crippen MR) is 48.5 cm³/mol. The highest BCUT2D eigenvalue weighted by atomic mass is 16.3. The second-order valence-corrected chi connectivity index (χ2v) is 3.01. The molecule has 0 saturated carbocycles. The molecule has 1 atom stereocenters. The largest absolute Gasteiger partial charge is 0.385 e. The zero-order valence-electron chi connectivity index (χ0n) is 7.90. The monoisotopic (exact) mass is 182 g/mol. The maximum atomic E-state index is 11.5. The minimum atomic E-state index is -0.889. The quantitative estimate of drug-likeness (QED) is 0.699. The topological polar surface area (TPSA) is 55.1 Å². The average Bonchev–Trinajstić information content (AvgIpc) is 2.50. The molecule has 4 nitrogen and oxygen atoms in total. The fraction of sp³-hybridized carbons (Fsp3) is 0.556. The lowest BCUT2D eigenvalue weighted by Crippen LogP contribution is -2.22. The van der Waals surface area contributed by atoms with Gasteiger partial charge in [-0.15, -0.1) is 0 Å². The van der Waals surface area contributed by atoms with E-state index in [1.165, 1.54) is 4.68 Å². The highest BCUT2D eigenvalue weighted by Crippen LogP contribution is 2.06. The van der Waals surface area contributed by atoms with Crippen molar-refractivity contribution in [2.75, 3.05) is 0 Å². The molecule has 0 radical (unpaired) electrons. The van der Waals surface area contributed by atoms with Crippen LogP contribution in [0.3, 0.4) is 0 Å². The number of hydrogen-bond donors (Lipinski definition) is 1. The minimum Gasteiger partial charge on any atom is -0.385 e. The van der Waals surface area contributed by atoms with Crippen LogP contribution < -0.4 is 0 Å². The zero-order chi connectivity index (χ0) is 9.84. The predicted octanol–water partition coefficient (Wildman–Crippen LogP) is 0.764. The van der Waals surface area contributed by atoms with Crippen molar-refractivity contribution in [3.8, 4) is 0 Å². The highest BCUT2D eigenvalue weighted by Gasteiger charge is 2.18. The van der Waals surface area contributed by atoms with Gasteiger partial charge >= 0.3 is 0 Å². The lowest BCUT2D eigenvalue weighted by atomic mass is 10.1. The Labute approximate surface area is 77.2 Å². The van der Waals surface area contributed by atoms with Crippen molar-refractivity contribution < 1.29 is 9.90 Å². The van der Waals surface area contributed by atoms with Crippen LogP contribution in [-0.2, 0) is 7.05 Å². The van der Waals surface area contributed by atoms with Crippen molar-refractivity contribution in [3.63, 3.8) is 0 Å². The fourth-order valence-corrected chi connectivity index (χ4v) is 1.19. The molecule has 72 valence electrons. The number of ketones is 1. The van der Waals surface area contributed by atoms with Gasteiger partial charge in [-0.25, -0.2) is 0 Å². The zero-order valence-corrected chi connectivity index (χ0v) is 7.90. The molecule has 0 bridgehead atoms. The maximum Gasteiger partial charge on any atom is 0.209 e. The Kier molecular flexibility index (Phi) is 3.19. The van der Waals surface area contributed by atoms with Gasteiger partial charge in [-0.1, -0.05) is 13.3 Å². The molecule has 1 aromatic heterocycles. The molecule has 13 heavy (non-hydrogen) atoms. The lowest BCUT2D eigenvalue weighted by Gasteiger charge is -2.07. The van der Waals surface area contributed by atoms with Crippen molar-refractivity contribution in [3.05, 3.63) is 18.0 Å². The molecule has 0 fully saturated rings. The van der Waals surface area contributed by atoms with Crippen LogP contribution in [0.2, 0.25) is 0 Å². The van der Waals surface area contributed by atoms with Crippen LogP contribution in [0.25, 0.3) is 0 Å². The van der Waals surface area contributed by atoms with Gasteiger partial charge in [-0.2, -0.15) is 5.10 Å². The standard InChI is InChI=1S/C9H14N2O2/c1-3-4-8(12)9(13)7-5-6-10-11(7)2/h5-6,8,12H,3-4H2,1-2H3. The Morgan fingerprint density at radius 3 is 2.92 bits per heavy atom. The van der Waals surface area contributed by atoms with Crippen molar-refractivity contribution in [1.29, 1.82) is 0 Å². The number of aliphatic hydroxyl groups excluding tert-OH is 1. The number of rotatable bonds is 4. The molecule has 0 aromatic carbocycles. The first-order chi connectivity index (χ1) is 6.16. The van der Waals surface area contributed by atoms with Gasteiger partial charge in [-0.05, 0) is 12.5 Å². The van der Waals surface area contributed by atoms with E-state index in [1.54, 1.807) is 19.3 Å². The first-order valence-electron chi connectivity index (χ1n) is 4.37. The molecule has 1 N–H and O–H groups in total. The molecule has 4 heteroatoms. The van der Waals surface area contributed by atoms with Crippen LogP contribution >= 0.6 is 0 Å². The van der Waals surface area contributed by atoms with Gasteiger partial charge in [-0.3, -0.25) is 9.48 Å². The smallest absolute Gasteiger partial charge is 0.209 e. The van der Waals surface area contributed by atoms with Crippen LogP contribution in [0, 0.1) is 0 Å². The van der Waals surface area contributed by atoms with Crippen molar-refractivity contribution >= 4 is 5.78 Å². The van der Waals surface area contributed by atoms with E-state index in [9.17, 15) is 9.90 Å². The first-order valence-corrected chi connectivity index (χ1v) is 4.37. The third-order valence-corrected chi connectivity index (χ3v) is 1.94. The second kappa shape index (κ2) is 4.18. The van der Waals surface area contributed by atoms with Crippen molar-refractivity contribution in [2.24, 2.45) is 7.05 Å². The Morgan fingerprint density at radius 1 is 1.77 bits per heavy atom. The van der Waals surface area contributed by atoms with E-state index >= 15 is 0 Å². The van der Waals surface area contributed by atoms with E-state index in [-0.39, 0.29) is 5.78 Å². The van der Waals surface area contributed by atoms with E-state index in [2.05, 4.69) is 5.10 Å². The Hall–Kier alpha value is -1.16. The van der Waals surface area contributed by atoms with Crippen LogP contribution in [0.4, 0.5) is 0 Å². The van der Waals surface area contributed by atoms with E-state index < -0.39 is 6.10 Å². The molecule has 0 amide bonds. The van der Waals surface area contributed by atoms with Crippen molar-refractivity contribution in [1.82, 2.24) is 9.78 Å². The third-order valence-electron chi connectivity index (χ3n) is 1.94. The van der Waals surface area contributed by atoms with E-state index in [1.807, 2.05) is 6.92 Å². The Balaban J connectivity index is 2.73. The molecule has 1 unspecified atom stereocenters. The molecule has 0 aliphatic carbocycles. The summed E-state index contributed by atoms with van der Waals surface area (Å²) < 4.78 is 1.47. The van der Waals surface area contributed by atoms with Crippen LogP contribution in [0.5, 0.6) is 0 Å². The van der Waals surface area contributed by atoms with Gasteiger partial charge < -0.3 is 5.11 Å². The number of carbonyl (C=O) groups is 1. The molecule has 0 aliphatic rings. The second-order valence-electron chi connectivity index (χ2n) is 3.01. The summed E-state index contributed by atoms with van der Waals surface area (Å²) in [6.45, 7) is 1.93. The third kappa shape index (κ3) is 2.15. The molecule has 1 heterocycles. The van der Waals surface area contributed by atoms with Gasteiger partial charge in [0.15, 0.2) is 0 Å². The van der Waals surface area contributed by atoms with Crippen LogP contribution in [0.15, 0.2) is 12.3 Å². The van der Waals surface area contributed by atoms with Crippen LogP contribution in [0.1, 0.15) is 30.3 Å². The first kappa shape index (κ1) is 9.92. The van der Waals surface area contributed by atoms with Crippen molar-refractivity contribution in [2.45, 2.75) is 25.9 Å². The SMILES string of the molecule is CCCC(O)C(=O)c1ccnn1C. The van der Waals surface area contributed by atoms with E-state index in [4.69, 9.17) is 0 Å². The molecule has 0 saturated heterocycles. The summed E-state index contributed by atoms with van der Waals surface area (Å²) >= 11 is 0. The summed E-state index contributed by atoms with van der Waals surface area (Å²) in [6, 6.07) is 1.61. The molecular weight excluding hydrogens is 168 g/mol. The average molecular weight is 182 g/mol. The Bertz CT molecular complexity index is 294. The maximum absolute atomic E-state index is 11.5. The number of aromatic nitrogens is 2. The molecular formula is C9H14N2O2. The normalized spacial score (nSPS) is 12.8.